The van der Waals surface area contributed by atoms with E-state index in [1.807, 2.05) is 6.20 Å². The maximum absolute atomic E-state index is 13.3. The third-order valence-electron chi connectivity index (χ3n) is 5.02. The standard InChI is InChI=1S/C19H18F2N2O2S/c20-14-1-4-16(5-2-14)26(24,25)23-9-7-13(8-10-23)18-12-22-19-11-15(21)3-6-17(18)19/h1-6,11-13,22H,7-10H2. The van der Waals surface area contributed by atoms with E-state index in [0.29, 0.717) is 25.9 Å². The Kier molecular flexibility index (Phi) is 4.28. The van der Waals surface area contributed by atoms with Crippen molar-refractivity contribution in [2.75, 3.05) is 13.1 Å². The summed E-state index contributed by atoms with van der Waals surface area (Å²) in [7, 11) is -3.61. The van der Waals surface area contributed by atoms with E-state index in [-0.39, 0.29) is 16.6 Å². The molecule has 0 aliphatic carbocycles. The quantitative estimate of drug-likeness (QED) is 0.751. The van der Waals surface area contributed by atoms with Crippen LogP contribution in [0.2, 0.25) is 0 Å². The number of piperidine rings is 1. The molecule has 0 spiro atoms. The van der Waals surface area contributed by atoms with Crippen molar-refractivity contribution in [2.24, 2.45) is 0 Å². The molecule has 0 amide bonds. The molecule has 0 unspecified atom stereocenters. The van der Waals surface area contributed by atoms with E-state index in [9.17, 15) is 17.2 Å². The summed E-state index contributed by atoms with van der Waals surface area (Å²) in [5.41, 5.74) is 1.85. The van der Waals surface area contributed by atoms with E-state index < -0.39 is 15.8 Å². The van der Waals surface area contributed by atoms with Crippen LogP contribution in [0.3, 0.4) is 0 Å². The lowest BCUT2D eigenvalue weighted by Crippen LogP contribution is -2.37. The van der Waals surface area contributed by atoms with Gasteiger partial charge in [0.15, 0.2) is 0 Å². The lowest BCUT2D eigenvalue weighted by molar-refractivity contribution is 0.320. The fourth-order valence-electron chi connectivity index (χ4n) is 3.62. The number of hydrogen-bond donors (Lipinski definition) is 1. The molecule has 4 nitrogen and oxygen atoms in total. The smallest absolute Gasteiger partial charge is 0.243 e. The Balaban J connectivity index is 1.52. The molecule has 0 radical (unpaired) electrons. The first-order chi connectivity index (χ1) is 12.4. The van der Waals surface area contributed by atoms with Crippen molar-refractivity contribution in [3.8, 4) is 0 Å². The lowest BCUT2D eigenvalue weighted by Gasteiger charge is -2.31. The largest absolute Gasteiger partial charge is 0.361 e. The van der Waals surface area contributed by atoms with Crippen molar-refractivity contribution in [1.82, 2.24) is 9.29 Å². The third-order valence-corrected chi connectivity index (χ3v) is 6.93. The molecule has 1 fully saturated rings. The van der Waals surface area contributed by atoms with E-state index in [1.165, 1.54) is 28.6 Å². The Bertz CT molecular complexity index is 1040. The topological polar surface area (TPSA) is 53.2 Å². The van der Waals surface area contributed by atoms with E-state index in [0.717, 1.165) is 28.6 Å². The molecule has 0 atom stereocenters. The van der Waals surface area contributed by atoms with Gasteiger partial charge in [0.1, 0.15) is 11.6 Å². The first kappa shape index (κ1) is 17.2. The number of benzene rings is 2. The van der Waals surface area contributed by atoms with Crippen LogP contribution in [0.1, 0.15) is 24.3 Å². The van der Waals surface area contributed by atoms with Crippen LogP contribution >= 0.6 is 0 Å². The number of nitrogens with zero attached hydrogens (tertiary/aromatic N) is 1. The second-order valence-electron chi connectivity index (χ2n) is 6.57. The van der Waals surface area contributed by atoms with Crippen LogP contribution in [0.5, 0.6) is 0 Å². The number of fused-ring (bicyclic) bond motifs is 1. The normalized spacial score (nSPS) is 17.0. The zero-order valence-electron chi connectivity index (χ0n) is 14.0. The predicted octanol–water partition coefficient (Wildman–Crippen LogP) is 4.01. The molecule has 7 heteroatoms. The van der Waals surface area contributed by atoms with E-state index in [4.69, 9.17) is 0 Å². The molecule has 136 valence electrons. The highest BCUT2D eigenvalue weighted by atomic mass is 32.2. The summed E-state index contributed by atoms with van der Waals surface area (Å²) >= 11 is 0. The van der Waals surface area contributed by atoms with Crippen LogP contribution in [0, 0.1) is 11.6 Å². The van der Waals surface area contributed by atoms with Gasteiger partial charge in [-0.05, 0) is 66.8 Å². The molecule has 1 saturated heterocycles. The van der Waals surface area contributed by atoms with Gasteiger partial charge in [0.2, 0.25) is 10.0 Å². The van der Waals surface area contributed by atoms with Gasteiger partial charge in [-0.1, -0.05) is 0 Å². The molecule has 1 N–H and O–H groups in total. The van der Waals surface area contributed by atoms with Gasteiger partial charge in [-0.25, -0.2) is 17.2 Å². The molecular weight excluding hydrogens is 358 g/mol. The minimum Gasteiger partial charge on any atom is -0.361 e. The molecular formula is C19H18F2N2O2S. The first-order valence-corrected chi connectivity index (χ1v) is 9.91. The monoisotopic (exact) mass is 376 g/mol. The number of rotatable bonds is 3. The molecule has 2 aromatic carbocycles. The Morgan fingerprint density at radius 3 is 2.31 bits per heavy atom. The van der Waals surface area contributed by atoms with Crippen molar-refractivity contribution in [2.45, 2.75) is 23.7 Å². The second-order valence-corrected chi connectivity index (χ2v) is 8.50. The molecule has 0 bridgehead atoms. The number of H-pyrrole nitrogens is 1. The van der Waals surface area contributed by atoms with E-state index in [1.54, 1.807) is 6.07 Å². The number of aromatic amines is 1. The highest BCUT2D eigenvalue weighted by Crippen LogP contribution is 2.34. The second kappa shape index (κ2) is 6.48. The summed E-state index contributed by atoms with van der Waals surface area (Å²) in [6, 6.07) is 9.57. The van der Waals surface area contributed by atoms with E-state index >= 15 is 0 Å². The molecule has 0 saturated carbocycles. The van der Waals surface area contributed by atoms with Gasteiger partial charge in [0, 0.05) is 30.2 Å². The zero-order valence-corrected chi connectivity index (χ0v) is 14.8. The average molecular weight is 376 g/mol. The maximum atomic E-state index is 13.3. The summed E-state index contributed by atoms with van der Waals surface area (Å²) < 4.78 is 53.2. The number of halogens is 2. The van der Waals surface area contributed by atoms with Crippen LogP contribution in [0.15, 0.2) is 53.6 Å². The van der Waals surface area contributed by atoms with Gasteiger partial charge in [-0.2, -0.15) is 4.31 Å². The number of sulfonamides is 1. The van der Waals surface area contributed by atoms with Gasteiger partial charge in [0.05, 0.1) is 4.90 Å². The van der Waals surface area contributed by atoms with Crippen LogP contribution in [-0.4, -0.2) is 30.8 Å². The van der Waals surface area contributed by atoms with Crippen molar-refractivity contribution in [3.63, 3.8) is 0 Å². The van der Waals surface area contributed by atoms with Gasteiger partial charge in [0.25, 0.3) is 0 Å². The SMILES string of the molecule is O=S(=O)(c1ccc(F)cc1)N1CCC(c2c[nH]c3cc(F)ccc23)CC1. The lowest BCUT2D eigenvalue weighted by atomic mass is 9.90. The molecule has 1 aliphatic heterocycles. The summed E-state index contributed by atoms with van der Waals surface area (Å²) in [5, 5.41) is 0.978. The molecule has 2 heterocycles. The predicted molar refractivity (Wildman–Crippen MR) is 95.4 cm³/mol. The minimum atomic E-state index is -3.61. The third kappa shape index (κ3) is 3.01. The minimum absolute atomic E-state index is 0.111. The number of hydrogen-bond acceptors (Lipinski definition) is 2. The average Bonchev–Trinajstić information content (AvgIpc) is 3.05. The Labute approximate surface area is 150 Å². The van der Waals surface area contributed by atoms with Crippen molar-refractivity contribution in [1.29, 1.82) is 0 Å². The Morgan fingerprint density at radius 2 is 1.62 bits per heavy atom. The van der Waals surface area contributed by atoms with Crippen molar-refractivity contribution < 1.29 is 17.2 Å². The van der Waals surface area contributed by atoms with Gasteiger partial charge < -0.3 is 4.98 Å². The van der Waals surface area contributed by atoms with Crippen LogP contribution in [0.25, 0.3) is 10.9 Å². The maximum Gasteiger partial charge on any atom is 0.243 e. The van der Waals surface area contributed by atoms with Crippen LogP contribution in [0.4, 0.5) is 8.78 Å². The van der Waals surface area contributed by atoms with Crippen LogP contribution < -0.4 is 0 Å². The molecule has 1 aromatic heterocycles. The fourth-order valence-corrected chi connectivity index (χ4v) is 5.09. The molecule has 4 rings (SSSR count). The summed E-state index contributed by atoms with van der Waals surface area (Å²) in [6.45, 7) is 0.802. The van der Waals surface area contributed by atoms with Gasteiger partial charge in [-0.15, -0.1) is 0 Å². The van der Waals surface area contributed by atoms with Gasteiger partial charge in [-0.3, -0.25) is 0 Å². The number of aromatic nitrogens is 1. The highest BCUT2D eigenvalue weighted by molar-refractivity contribution is 7.89. The molecule has 1 aliphatic rings. The number of nitrogens with one attached hydrogen (secondary N) is 1. The first-order valence-electron chi connectivity index (χ1n) is 8.47. The van der Waals surface area contributed by atoms with Crippen molar-refractivity contribution >= 4 is 20.9 Å². The van der Waals surface area contributed by atoms with Crippen LogP contribution in [-0.2, 0) is 10.0 Å². The summed E-state index contributed by atoms with van der Waals surface area (Å²) in [4.78, 5) is 3.20. The zero-order chi connectivity index (χ0) is 18.3. The Morgan fingerprint density at radius 1 is 0.962 bits per heavy atom. The molecule has 26 heavy (non-hydrogen) atoms. The van der Waals surface area contributed by atoms with E-state index in [2.05, 4.69) is 4.98 Å². The Hall–Kier alpha value is -2.25. The summed E-state index contributed by atoms with van der Waals surface area (Å²) in [6.07, 6.45) is 3.26. The van der Waals surface area contributed by atoms with Crippen molar-refractivity contribution in [3.05, 3.63) is 65.9 Å². The summed E-state index contributed by atoms with van der Waals surface area (Å²) in [5.74, 6) is -0.529. The van der Waals surface area contributed by atoms with Gasteiger partial charge >= 0.3 is 0 Å². The highest BCUT2D eigenvalue weighted by Gasteiger charge is 2.30. The fraction of sp³-hybridized carbons (Fsp3) is 0.263. The molecule has 3 aromatic rings.